The Morgan fingerprint density at radius 1 is 1.29 bits per heavy atom. The molecule has 0 amide bonds. The highest BCUT2D eigenvalue weighted by atomic mass is 16.3. The molecule has 1 N–H and O–H groups in total. The number of likely N-dealkylation sites (tertiary alicyclic amines) is 1. The van der Waals surface area contributed by atoms with Gasteiger partial charge in [-0.15, -0.1) is 0 Å². The van der Waals surface area contributed by atoms with Crippen LogP contribution in [0, 0.1) is 0 Å². The largest absolute Gasteiger partial charge is 0.395 e. The maximum absolute atomic E-state index is 9.40. The van der Waals surface area contributed by atoms with Gasteiger partial charge < -0.3 is 5.11 Å². The molecule has 1 aromatic carbocycles. The summed E-state index contributed by atoms with van der Waals surface area (Å²) < 4.78 is 0. The number of piperidine rings is 1. The van der Waals surface area contributed by atoms with E-state index in [4.69, 9.17) is 0 Å². The third kappa shape index (κ3) is 3.30. The second-order valence-electron chi connectivity index (χ2n) is 5.14. The summed E-state index contributed by atoms with van der Waals surface area (Å²) in [5, 5.41) is 9.40. The van der Waals surface area contributed by atoms with E-state index in [1.165, 1.54) is 18.4 Å². The van der Waals surface area contributed by atoms with Crippen LogP contribution in [0.3, 0.4) is 0 Å². The minimum atomic E-state index is 0.307. The van der Waals surface area contributed by atoms with Crippen molar-refractivity contribution in [3.8, 4) is 0 Å². The van der Waals surface area contributed by atoms with Crippen molar-refractivity contribution >= 4 is 0 Å². The zero-order chi connectivity index (χ0) is 12.1. The predicted molar refractivity (Wildman–Crippen MR) is 71.2 cm³/mol. The van der Waals surface area contributed by atoms with Gasteiger partial charge in [-0.25, -0.2) is 0 Å². The van der Waals surface area contributed by atoms with E-state index >= 15 is 0 Å². The maximum atomic E-state index is 9.40. The van der Waals surface area contributed by atoms with Gasteiger partial charge in [-0.3, -0.25) is 4.90 Å². The molecule has 2 nitrogen and oxygen atoms in total. The summed E-state index contributed by atoms with van der Waals surface area (Å²) >= 11 is 0. The van der Waals surface area contributed by atoms with Crippen LogP contribution in [0.2, 0.25) is 0 Å². The van der Waals surface area contributed by atoms with E-state index in [1.54, 1.807) is 0 Å². The molecule has 1 fully saturated rings. The van der Waals surface area contributed by atoms with E-state index in [-0.39, 0.29) is 0 Å². The van der Waals surface area contributed by atoms with E-state index in [0.717, 1.165) is 19.5 Å². The standard InChI is InChI=1S/C15H23NO/c1-13(14-7-3-2-4-8-14)11-16-10-6-5-9-15(16)12-17/h2-4,7-8,13,15,17H,5-6,9-12H2,1H3. The third-order valence-electron chi connectivity index (χ3n) is 3.84. The highest BCUT2D eigenvalue weighted by Gasteiger charge is 2.23. The Bertz CT molecular complexity index is 325. The second-order valence-corrected chi connectivity index (χ2v) is 5.14. The van der Waals surface area contributed by atoms with Gasteiger partial charge in [-0.2, -0.15) is 0 Å². The number of hydrogen-bond acceptors (Lipinski definition) is 2. The van der Waals surface area contributed by atoms with Gasteiger partial charge in [0.05, 0.1) is 6.61 Å². The van der Waals surface area contributed by atoms with Gasteiger partial charge in [0.25, 0.3) is 0 Å². The average molecular weight is 233 g/mol. The molecule has 0 aliphatic carbocycles. The number of rotatable bonds is 4. The minimum Gasteiger partial charge on any atom is -0.395 e. The molecule has 1 saturated heterocycles. The molecular formula is C15H23NO. The van der Waals surface area contributed by atoms with Crippen LogP contribution < -0.4 is 0 Å². The Labute approximate surface area is 104 Å². The molecule has 0 spiro atoms. The van der Waals surface area contributed by atoms with Gasteiger partial charge in [0.1, 0.15) is 0 Å². The smallest absolute Gasteiger partial charge is 0.0586 e. The van der Waals surface area contributed by atoms with E-state index in [1.807, 2.05) is 0 Å². The molecule has 2 atom stereocenters. The summed E-state index contributed by atoms with van der Waals surface area (Å²) in [7, 11) is 0. The van der Waals surface area contributed by atoms with E-state index < -0.39 is 0 Å². The Balaban J connectivity index is 1.95. The molecule has 0 bridgehead atoms. The lowest BCUT2D eigenvalue weighted by Crippen LogP contribution is -2.43. The zero-order valence-corrected chi connectivity index (χ0v) is 10.7. The molecule has 2 unspecified atom stereocenters. The lowest BCUT2D eigenvalue weighted by atomic mass is 9.97. The van der Waals surface area contributed by atoms with Crippen molar-refractivity contribution in [3.63, 3.8) is 0 Å². The summed E-state index contributed by atoms with van der Waals surface area (Å²) in [5.41, 5.74) is 1.40. The molecule has 1 heterocycles. The molecule has 1 aliphatic heterocycles. The molecule has 0 saturated carbocycles. The van der Waals surface area contributed by atoms with Crippen molar-refractivity contribution in [2.45, 2.75) is 38.1 Å². The van der Waals surface area contributed by atoms with Gasteiger partial charge in [0.2, 0.25) is 0 Å². The Morgan fingerprint density at radius 2 is 2.06 bits per heavy atom. The first kappa shape index (κ1) is 12.6. The predicted octanol–water partition coefficient (Wildman–Crippen LogP) is 2.64. The van der Waals surface area contributed by atoms with Crippen molar-refractivity contribution < 1.29 is 5.11 Å². The van der Waals surface area contributed by atoms with Crippen molar-refractivity contribution in [2.75, 3.05) is 19.7 Å². The van der Waals surface area contributed by atoms with Gasteiger partial charge in [0.15, 0.2) is 0 Å². The number of hydrogen-bond donors (Lipinski definition) is 1. The first-order valence-electron chi connectivity index (χ1n) is 6.71. The molecule has 1 aliphatic rings. The summed E-state index contributed by atoms with van der Waals surface area (Å²) in [6.07, 6.45) is 3.69. The van der Waals surface area contributed by atoms with E-state index in [9.17, 15) is 5.11 Å². The summed E-state index contributed by atoms with van der Waals surface area (Å²) in [6.45, 7) is 4.79. The highest BCUT2D eigenvalue weighted by molar-refractivity contribution is 5.19. The van der Waals surface area contributed by atoms with Crippen molar-refractivity contribution in [1.29, 1.82) is 0 Å². The van der Waals surface area contributed by atoms with Crippen LogP contribution in [0.4, 0.5) is 0 Å². The molecular weight excluding hydrogens is 210 g/mol. The first-order valence-corrected chi connectivity index (χ1v) is 6.71. The number of benzene rings is 1. The molecule has 0 radical (unpaired) electrons. The molecule has 2 rings (SSSR count). The van der Waals surface area contributed by atoms with Crippen LogP contribution in [0.25, 0.3) is 0 Å². The molecule has 94 valence electrons. The van der Waals surface area contributed by atoms with E-state index in [2.05, 4.69) is 42.2 Å². The van der Waals surface area contributed by atoms with Crippen LogP contribution in [0.1, 0.15) is 37.7 Å². The normalized spacial score (nSPS) is 23.5. The van der Waals surface area contributed by atoms with Crippen LogP contribution >= 0.6 is 0 Å². The quantitative estimate of drug-likeness (QED) is 0.864. The fraction of sp³-hybridized carbons (Fsp3) is 0.600. The Hall–Kier alpha value is -0.860. The third-order valence-corrected chi connectivity index (χ3v) is 3.84. The van der Waals surface area contributed by atoms with Gasteiger partial charge in [-0.1, -0.05) is 43.7 Å². The molecule has 2 heteroatoms. The Kier molecular flexibility index (Phi) is 4.57. The SMILES string of the molecule is CC(CN1CCCCC1CO)c1ccccc1. The maximum Gasteiger partial charge on any atom is 0.0586 e. The van der Waals surface area contributed by atoms with Crippen molar-refractivity contribution in [3.05, 3.63) is 35.9 Å². The lowest BCUT2D eigenvalue weighted by molar-refractivity contribution is 0.0860. The van der Waals surface area contributed by atoms with Crippen LogP contribution in [0.15, 0.2) is 30.3 Å². The average Bonchev–Trinajstić information content (AvgIpc) is 2.40. The summed E-state index contributed by atoms with van der Waals surface area (Å²) in [4.78, 5) is 2.46. The van der Waals surface area contributed by atoms with E-state index in [0.29, 0.717) is 18.6 Å². The fourth-order valence-electron chi connectivity index (χ4n) is 2.75. The monoisotopic (exact) mass is 233 g/mol. The van der Waals surface area contributed by atoms with Gasteiger partial charge >= 0.3 is 0 Å². The number of nitrogens with zero attached hydrogens (tertiary/aromatic N) is 1. The topological polar surface area (TPSA) is 23.5 Å². The fourth-order valence-corrected chi connectivity index (χ4v) is 2.75. The summed E-state index contributed by atoms with van der Waals surface area (Å²) in [6, 6.07) is 11.0. The molecule has 0 aromatic heterocycles. The molecule has 17 heavy (non-hydrogen) atoms. The molecule has 1 aromatic rings. The van der Waals surface area contributed by atoms with Gasteiger partial charge in [0, 0.05) is 12.6 Å². The number of aliphatic hydroxyl groups is 1. The van der Waals surface area contributed by atoms with Crippen molar-refractivity contribution in [1.82, 2.24) is 4.90 Å². The summed E-state index contributed by atoms with van der Waals surface area (Å²) in [5.74, 6) is 0.545. The van der Waals surface area contributed by atoms with Crippen LogP contribution in [-0.4, -0.2) is 35.7 Å². The van der Waals surface area contributed by atoms with Crippen LogP contribution in [-0.2, 0) is 0 Å². The zero-order valence-electron chi connectivity index (χ0n) is 10.7. The minimum absolute atomic E-state index is 0.307. The van der Waals surface area contributed by atoms with Crippen molar-refractivity contribution in [2.24, 2.45) is 0 Å². The van der Waals surface area contributed by atoms with Gasteiger partial charge in [-0.05, 0) is 30.9 Å². The Morgan fingerprint density at radius 3 is 2.76 bits per heavy atom. The lowest BCUT2D eigenvalue weighted by Gasteiger charge is -2.36. The highest BCUT2D eigenvalue weighted by Crippen LogP contribution is 2.22. The first-order chi connectivity index (χ1) is 8.31. The van der Waals surface area contributed by atoms with Crippen LogP contribution in [0.5, 0.6) is 0 Å². The second kappa shape index (κ2) is 6.18. The number of aliphatic hydroxyl groups excluding tert-OH is 1.